The summed E-state index contributed by atoms with van der Waals surface area (Å²) in [6.07, 6.45) is 2.71. The molecule has 7 nitrogen and oxygen atoms in total. The lowest BCUT2D eigenvalue weighted by Gasteiger charge is -2.14. The first kappa shape index (κ1) is 21.5. The molecule has 0 fully saturated rings. The van der Waals surface area contributed by atoms with Gasteiger partial charge in [0.05, 0.1) is 7.11 Å². The first-order chi connectivity index (χ1) is 13.3. The van der Waals surface area contributed by atoms with Crippen molar-refractivity contribution in [3.05, 3.63) is 60.2 Å². The zero-order valence-electron chi connectivity index (χ0n) is 16.0. The van der Waals surface area contributed by atoms with E-state index in [2.05, 4.69) is 0 Å². The number of ether oxygens (including phenoxy) is 3. The number of esters is 1. The van der Waals surface area contributed by atoms with Gasteiger partial charge in [0.15, 0.2) is 0 Å². The summed E-state index contributed by atoms with van der Waals surface area (Å²) < 4.78 is 41.5. The predicted molar refractivity (Wildman–Crippen MR) is 106 cm³/mol. The molecule has 28 heavy (non-hydrogen) atoms. The average Bonchev–Trinajstić information content (AvgIpc) is 2.70. The number of rotatable bonds is 9. The van der Waals surface area contributed by atoms with Crippen LogP contribution >= 0.6 is 0 Å². The van der Waals surface area contributed by atoms with Gasteiger partial charge >= 0.3 is 5.97 Å². The van der Waals surface area contributed by atoms with Crippen molar-refractivity contribution in [2.24, 2.45) is 0 Å². The van der Waals surface area contributed by atoms with Crippen molar-refractivity contribution < 1.29 is 27.4 Å². The summed E-state index contributed by atoms with van der Waals surface area (Å²) in [5.41, 5.74) is 0.527. The number of methoxy groups -OCH3 is 1. The molecule has 2 aromatic carbocycles. The molecule has 0 saturated heterocycles. The summed E-state index contributed by atoms with van der Waals surface area (Å²) in [7, 11) is 0.588. The third-order valence-corrected chi connectivity index (χ3v) is 5.53. The Morgan fingerprint density at radius 1 is 1.07 bits per heavy atom. The predicted octanol–water partition coefficient (Wildman–Crippen LogP) is 2.58. The van der Waals surface area contributed by atoms with Crippen LogP contribution in [0.4, 0.5) is 0 Å². The maximum Gasteiger partial charge on any atom is 0.330 e. The lowest BCUT2D eigenvalue weighted by molar-refractivity contribution is -0.138. The number of nitrogens with zero attached hydrogens (tertiary/aromatic N) is 1. The third-order valence-electron chi connectivity index (χ3n) is 3.70. The van der Waals surface area contributed by atoms with E-state index in [1.807, 2.05) is 30.3 Å². The van der Waals surface area contributed by atoms with Gasteiger partial charge in [0, 0.05) is 20.2 Å². The van der Waals surface area contributed by atoms with Crippen molar-refractivity contribution in [3.63, 3.8) is 0 Å². The zero-order valence-corrected chi connectivity index (χ0v) is 16.8. The van der Waals surface area contributed by atoms with E-state index in [0.29, 0.717) is 11.3 Å². The van der Waals surface area contributed by atoms with Crippen LogP contribution in [0.5, 0.6) is 11.5 Å². The standard InChI is InChI=1S/C20H23NO6S/c1-21(2)28(23,24)19-15-16(9-11-18(19)25-3)10-12-20(22)27-14-13-26-17-7-5-4-6-8-17/h4-12,15H,13-14H2,1-3H3/b12-10+. The van der Waals surface area contributed by atoms with E-state index in [4.69, 9.17) is 14.2 Å². The molecule has 0 bridgehead atoms. The molecule has 2 rings (SSSR count). The molecule has 0 atom stereocenters. The molecule has 0 radical (unpaired) electrons. The van der Waals surface area contributed by atoms with Crippen LogP contribution < -0.4 is 9.47 Å². The second-order valence-corrected chi connectivity index (χ2v) is 7.98. The Hall–Kier alpha value is -2.84. The molecule has 0 unspecified atom stereocenters. The average molecular weight is 405 g/mol. The first-order valence-corrected chi connectivity index (χ1v) is 9.92. The van der Waals surface area contributed by atoms with Crippen LogP contribution in [-0.4, -0.2) is 53.1 Å². The number of carbonyl (C=O) groups is 1. The Morgan fingerprint density at radius 3 is 2.43 bits per heavy atom. The molecule has 150 valence electrons. The summed E-state index contributed by atoms with van der Waals surface area (Å²) >= 11 is 0. The summed E-state index contributed by atoms with van der Waals surface area (Å²) in [5, 5.41) is 0. The van der Waals surface area contributed by atoms with Crippen LogP contribution in [0.15, 0.2) is 59.5 Å². The number of carbonyl (C=O) groups excluding carboxylic acids is 1. The van der Waals surface area contributed by atoms with Gasteiger partial charge in [-0.3, -0.25) is 0 Å². The van der Waals surface area contributed by atoms with E-state index >= 15 is 0 Å². The molecule has 0 aliphatic heterocycles. The van der Waals surface area contributed by atoms with Crippen LogP contribution in [0.1, 0.15) is 5.56 Å². The highest BCUT2D eigenvalue weighted by Crippen LogP contribution is 2.27. The van der Waals surface area contributed by atoms with Crippen LogP contribution in [0.2, 0.25) is 0 Å². The van der Waals surface area contributed by atoms with Crippen molar-refractivity contribution in [3.8, 4) is 11.5 Å². The monoisotopic (exact) mass is 405 g/mol. The lowest BCUT2D eigenvalue weighted by Crippen LogP contribution is -2.22. The van der Waals surface area contributed by atoms with E-state index < -0.39 is 16.0 Å². The van der Waals surface area contributed by atoms with Crippen LogP contribution in [-0.2, 0) is 19.6 Å². The van der Waals surface area contributed by atoms with Crippen LogP contribution in [0.25, 0.3) is 6.08 Å². The molecule has 0 aliphatic carbocycles. The van der Waals surface area contributed by atoms with Crippen molar-refractivity contribution >= 4 is 22.1 Å². The summed E-state index contributed by atoms with van der Waals surface area (Å²) in [4.78, 5) is 11.8. The van der Waals surface area contributed by atoms with Gasteiger partial charge in [-0.25, -0.2) is 17.5 Å². The van der Waals surface area contributed by atoms with E-state index in [9.17, 15) is 13.2 Å². The quantitative estimate of drug-likeness (QED) is 0.362. The minimum Gasteiger partial charge on any atom is -0.495 e. The Bertz CT molecular complexity index is 923. The van der Waals surface area contributed by atoms with Crippen LogP contribution in [0.3, 0.4) is 0 Å². The molecule has 0 amide bonds. The van der Waals surface area contributed by atoms with Gasteiger partial charge in [-0.2, -0.15) is 0 Å². The second kappa shape index (κ2) is 9.91. The smallest absolute Gasteiger partial charge is 0.330 e. The molecule has 0 saturated carbocycles. The number of benzene rings is 2. The van der Waals surface area contributed by atoms with Gasteiger partial charge in [-0.05, 0) is 35.9 Å². The second-order valence-electron chi connectivity index (χ2n) is 5.86. The molecule has 0 spiro atoms. The van der Waals surface area contributed by atoms with Gasteiger partial charge < -0.3 is 14.2 Å². The van der Waals surface area contributed by atoms with E-state index in [1.54, 1.807) is 6.07 Å². The van der Waals surface area contributed by atoms with E-state index in [0.717, 1.165) is 4.31 Å². The minimum absolute atomic E-state index is 0.0202. The molecule has 0 aromatic heterocycles. The highest BCUT2D eigenvalue weighted by molar-refractivity contribution is 7.89. The fraction of sp³-hybridized carbons (Fsp3) is 0.250. The van der Waals surface area contributed by atoms with E-state index in [1.165, 1.54) is 45.5 Å². The SMILES string of the molecule is COc1ccc(/C=C/C(=O)OCCOc2ccccc2)cc1S(=O)(=O)N(C)C. The largest absolute Gasteiger partial charge is 0.495 e. The summed E-state index contributed by atoms with van der Waals surface area (Å²) in [6.45, 7) is 0.332. The van der Waals surface area contributed by atoms with Crippen molar-refractivity contribution in [1.29, 1.82) is 0 Å². The zero-order chi connectivity index (χ0) is 20.6. The lowest BCUT2D eigenvalue weighted by atomic mass is 10.2. The Balaban J connectivity index is 1.96. The fourth-order valence-corrected chi connectivity index (χ4v) is 3.31. The number of para-hydroxylation sites is 1. The molecular formula is C20H23NO6S. The minimum atomic E-state index is -3.68. The highest BCUT2D eigenvalue weighted by Gasteiger charge is 2.22. The maximum absolute atomic E-state index is 12.4. The molecular weight excluding hydrogens is 382 g/mol. The van der Waals surface area contributed by atoms with Gasteiger partial charge in [-0.1, -0.05) is 24.3 Å². The van der Waals surface area contributed by atoms with Crippen molar-refractivity contribution in [2.45, 2.75) is 4.90 Å². The highest BCUT2D eigenvalue weighted by atomic mass is 32.2. The summed E-state index contributed by atoms with van der Waals surface area (Å²) in [6, 6.07) is 13.8. The third kappa shape index (κ3) is 5.83. The Morgan fingerprint density at radius 2 is 1.79 bits per heavy atom. The maximum atomic E-state index is 12.4. The molecule has 0 aliphatic rings. The molecule has 0 heterocycles. The summed E-state index contributed by atoms with van der Waals surface area (Å²) in [5.74, 6) is 0.373. The fourth-order valence-electron chi connectivity index (χ4n) is 2.23. The first-order valence-electron chi connectivity index (χ1n) is 8.48. The number of hydrogen-bond acceptors (Lipinski definition) is 6. The van der Waals surface area contributed by atoms with Gasteiger partial charge in [0.1, 0.15) is 29.6 Å². The Labute approximate surface area is 165 Å². The molecule has 8 heteroatoms. The van der Waals surface area contributed by atoms with Crippen molar-refractivity contribution in [1.82, 2.24) is 4.31 Å². The van der Waals surface area contributed by atoms with Gasteiger partial charge in [0.25, 0.3) is 0 Å². The molecule has 2 aromatic rings. The van der Waals surface area contributed by atoms with Gasteiger partial charge in [0.2, 0.25) is 10.0 Å². The number of hydrogen-bond donors (Lipinski definition) is 0. The van der Waals surface area contributed by atoms with Crippen LogP contribution in [0, 0.1) is 0 Å². The normalized spacial score (nSPS) is 11.6. The molecule has 0 N–H and O–H groups in total. The topological polar surface area (TPSA) is 82.1 Å². The Kier molecular flexibility index (Phi) is 7.60. The van der Waals surface area contributed by atoms with Crippen molar-refractivity contribution in [2.75, 3.05) is 34.4 Å². The number of sulfonamides is 1. The van der Waals surface area contributed by atoms with Gasteiger partial charge in [-0.15, -0.1) is 0 Å². The van der Waals surface area contributed by atoms with E-state index in [-0.39, 0.29) is 23.9 Å².